The molecular weight excluding hydrogens is 402 g/mol. The van der Waals surface area contributed by atoms with Gasteiger partial charge in [-0.1, -0.05) is 94.5 Å². The highest BCUT2D eigenvalue weighted by Crippen LogP contribution is 2.62. The Hall–Kier alpha value is -0.0000000000000000416. The highest BCUT2D eigenvalue weighted by molar-refractivity contribution is 7.60. The molecule has 30 heavy (non-hydrogen) atoms. The fourth-order valence-corrected chi connectivity index (χ4v) is 12.3. The molecule has 2 unspecified atom stereocenters. The predicted octanol–water partition coefficient (Wildman–Crippen LogP) is 7.45. The average Bonchev–Trinajstić information content (AvgIpc) is 2.70. The van der Waals surface area contributed by atoms with E-state index in [-0.39, 0.29) is 15.8 Å². The minimum Gasteiger partial charge on any atom is -0.310 e. The molecule has 2 nitrogen and oxygen atoms in total. The maximum Gasteiger partial charge on any atom is 0.0286 e. The zero-order chi connectivity index (χ0) is 21.8. The van der Waals surface area contributed by atoms with Crippen molar-refractivity contribution in [3.63, 3.8) is 0 Å². The minimum atomic E-state index is -0.113. The van der Waals surface area contributed by atoms with E-state index in [0.29, 0.717) is 10.3 Å². The zero-order valence-electron chi connectivity index (χ0n) is 20.4. The van der Waals surface area contributed by atoms with Crippen LogP contribution in [0.25, 0.3) is 0 Å². The van der Waals surface area contributed by atoms with E-state index in [2.05, 4.69) is 76.4 Å². The molecule has 0 saturated carbocycles. The summed E-state index contributed by atoms with van der Waals surface area (Å²) >= 11 is 0. The highest BCUT2D eigenvalue weighted by atomic mass is 31.1. The van der Waals surface area contributed by atoms with Gasteiger partial charge >= 0.3 is 0 Å². The third kappa shape index (κ3) is 6.75. The quantitative estimate of drug-likeness (QED) is 0.442. The van der Waals surface area contributed by atoms with E-state index in [1.54, 1.807) is 11.1 Å². The van der Waals surface area contributed by atoms with Crippen LogP contribution in [0.5, 0.6) is 0 Å². The van der Waals surface area contributed by atoms with Gasteiger partial charge in [0.05, 0.1) is 0 Å². The number of benzene rings is 1. The van der Waals surface area contributed by atoms with Crippen molar-refractivity contribution in [2.45, 2.75) is 114 Å². The summed E-state index contributed by atoms with van der Waals surface area (Å²) in [4.78, 5) is 0. The lowest BCUT2D eigenvalue weighted by atomic mass is 10.1. The molecule has 1 aromatic carbocycles. The molecule has 4 heteroatoms. The Morgan fingerprint density at radius 2 is 1.20 bits per heavy atom. The lowest BCUT2D eigenvalue weighted by Gasteiger charge is -2.42. The van der Waals surface area contributed by atoms with Gasteiger partial charge in [-0.15, -0.1) is 0 Å². The first kappa shape index (κ1) is 24.6. The van der Waals surface area contributed by atoms with Crippen LogP contribution >= 0.6 is 15.8 Å². The van der Waals surface area contributed by atoms with Gasteiger partial charge in [-0.2, -0.15) is 0 Å². The summed E-state index contributed by atoms with van der Waals surface area (Å²) in [6.45, 7) is 17.2. The fourth-order valence-electron chi connectivity index (χ4n) is 5.38. The molecule has 0 amide bonds. The molecule has 2 atom stereocenters. The summed E-state index contributed by atoms with van der Waals surface area (Å²) in [6.07, 6.45) is 10.8. The first-order chi connectivity index (χ1) is 14.2. The average molecular weight is 449 g/mol. The third-order valence-electron chi connectivity index (χ3n) is 6.79. The van der Waals surface area contributed by atoms with Crippen LogP contribution in [0.2, 0.25) is 0 Å². The van der Waals surface area contributed by atoms with Crippen LogP contribution in [0.1, 0.15) is 91.2 Å². The zero-order valence-corrected chi connectivity index (χ0v) is 22.2. The number of hydrogen-bond acceptors (Lipinski definition) is 2. The van der Waals surface area contributed by atoms with Crippen LogP contribution in [-0.2, 0) is 12.3 Å². The molecule has 0 aromatic heterocycles. The van der Waals surface area contributed by atoms with Crippen LogP contribution < -0.4 is 10.6 Å². The van der Waals surface area contributed by atoms with Crippen LogP contribution in [0.15, 0.2) is 24.3 Å². The van der Waals surface area contributed by atoms with Crippen molar-refractivity contribution < 1.29 is 0 Å². The van der Waals surface area contributed by atoms with E-state index in [9.17, 15) is 0 Å². The van der Waals surface area contributed by atoms with E-state index in [1.165, 1.54) is 63.9 Å². The third-order valence-corrected chi connectivity index (χ3v) is 13.9. The summed E-state index contributed by atoms with van der Waals surface area (Å²) in [6, 6.07) is 9.45. The molecule has 2 saturated heterocycles. The number of piperidine rings is 2. The van der Waals surface area contributed by atoms with Crippen molar-refractivity contribution in [2.24, 2.45) is 0 Å². The summed E-state index contributed by atoms with van der Waals surface area (Å²) in [5, 5.41) is 8.63. The van der Waals surface area contributed by atoms with Crippen LogP contribution in [0.4, 0.5) is 0 Å². The Morgan fingerprint density at radius 3 is 1.60 bits per heavy atom. The Bertz CT molecular complexity index is 618. The van der Waals surface area contributed by atoms with Crippen molar-refractivity contribution in [1.82, 2.24) is 10.6 Å². The number of hydrogen-bond donors (Lipinski definition) is 2. The normalized spacial score (nSPS) is 24.8. The molecule has 2 aliphatic rings. The van der Waals surface area contributed by atoms with E-state index in [1.807, 2.05) is 0 Å². The molecule has 0 spiro atoms. The molecule has 2 aliphatic heterocycles. The maximum absolute atomic E-state index is 3.94. The SMILES string of the molecule is CC(C)(C)P(Cc1ccccc1CP(C1CCCCN1)C1CCCCN1)C(C)(C)C. The Labute approximate surface area is 189 Å². The van der Waals surface area contributed by atoms with Crippen molar-refractivity contribution in [3.8, 4) is 0 Å². The fraction of sp³-hybridized carbons (Fsp3) is 0.769. The van der Waals surface area contributed by atoms with Gasteiger partial charge in [-0.25, -0.2) is 0 Å². The first-order valence-electron chi connectivity index (χ1n) is 12.2. The predicted molar refractivity (Wildman–Crippen MR) is 138 cm³/mol. The molecule has 1 aromatic rings. The lowest BCUT2D eigenvalue weighted by molar-refractivity contribution is 0.456. The minimum absolute atomic E-state index is 0.0857. The van der Waals surface area contributed by atoms with Crippen molar-refractivity contribution >= 4 is 15.8 Å². The summed E-state index contributed by atoms with van der Waals surface area (Å²) in [5.74, 6) is 1.48. The van der Waals surface area contributed by atoms with Gasteiger partial charge < -0.3 is 10.6 Å². The highest BCUT2D eigenvalue weighted by Gasteiger charge is 2.35. The Kier molecular flexibility index (Phi) is 8.82. The van der Waals surface area contributed by atoms with Crippen LogP contribution in [0, 0.1) is 0 Å². The maximum atomic E-state index is 3.94. The van der Waals surface area contributed by atoms with Crippen LogP contribution in [-0.4, -0.2) is 35.0 Å². The number of nitrogens with one attached hydrogen (secondary N) is 2. The standard InChI is InChI=1S/C26H46N2P2/c1-25(2,3)30(26(4,5)6)20-22-14-8-7-13-21(22)19-29(23-15-9-11-17-27-23)24-16-10-12-18-28-24/h7-8,13-14,23-24,27-28H,9-12,15-20H2,1-6H3. The van der Waals surface area contributed by atoms with Gasteiger partial charge in [0.1, 0.15) is 0 Å². The van der Waals surface area contributed by atoms with Gasteiger partial charge in [-0.3, -0.25) is 0 Å². The summed E-state index contributed by atoms with van der Waals surface area (Å²) < 4.78 is 0. The topological polar surface area (TPSA) is 24.1 Å². The smallest absolute Gasteiger partial charge is 0.0286 e. The van der Waals surface area contributed by atoms with E-state index in [0.717, 1.165) is 11.6 Å². The largest absolute Gasteiger partial charge is 0.310 e. The Morgan fingerprint density at radius 1 is 0.733 bits per heavy atom. The lowest BCUT2D eigenvalue weighted by Crippen LogP contribution is -2.41. The molecule has 3 rings (SSSR count). The summed E-state index contributed by atoms with van der Waals surface area (Å²) in [5.41, 5.74) is 3.27. The molecule has 2 N–H and O–H groups in total. The van der Waals surface area contributed by atoms with E-state index in [4.69, 9.17) is 0 Å². The van der Waals surface area contributed by atoms with Gasteiger partial charge in [0, 0.05) is 11.6 Å². The second-order valence-electron chi connectivity index (χ2n) is 11.3. The molecular formula is C26H46N2P2. The van der Waals surface area contributed by atoms with Crippen molar-refractivity contribution in [3.05, 3.63) is 35.4 Å². The summed E-state index contributed by atoms with van der Waals surface area (Å²) in [7, 11) is -0.199. The molecule has 0 aliphatic carbocycles. The van der Waals surface area contributed by atoms with E-state index < -0.39 is 0 Å². The van der Waals surface area contributed by atoms with Crippen molar-refractivity contribution in [2.75, 3.05) is 13.1 Å². The molecule has 2 fully saturated rings. The van der Waals surface area contributed by atoms with Gasteiger partial charge in [0.2, 0.25) is 0 Å². The molecule has 2 heterocycles. The van der Waals surface area contributed by atoms with Gasteiger partial charge in [0.15, 0.2) is 0 Å². The van der Waals surface area contributed by atoms with Gasteiger partial charge in [0.25, 0.3) is 0 Å². The van der Waals surface area contributed by atoms with Gasteiger partial charge in [-0.05, 0) is 72.5 Å². The first-order valence-corrected chi connectivity index (χ1v) is 15.4. The molecule has 0 bridgehead atoms. The number of rotatable bonds is 6. The Balaban J connectivity index is 1.84. The van der Waals surface area contributed by atoms with Crippen molar-refractivity contribution in [1.29, 1.82) is 0 Å². The molecule has 170 valence electrons. The van der Waals surface area contributed by atoms with E-state index >= 15 is 0 Å². The second-order valence-corrected chi connectivity index (χ2v) is 17.7. The van der Waals surface area contributed by atoms with Crippen LogP contribution in [0.3, 0.4) is 0 Å². The monoisotopic (exact) mass is 448 g/mol. The second kappa shape index (κ2) is 10.7. The molecule has 0 radical (unpaired) electrons.